The molecule has 2 unspecified atom stereocenters. The number of ether oxygens (including phenoxy) is 1. The average Bonchev–Trinajstić information content (AvgIpc) is 2.43. The van der Waals surface area contributed by atoms with E-state index < -0.39 is 0 Å². The molecule has 0 spiro atoms. The molecule has 1 saturated heterocycles. The van der Waals surface area contributed by atoms with Crippen LogP contribution in [0, 0.1) is 19.8 Å². The van der Waals surface area contributed by atoms with E-state index >= 15 is 0 Å². The zero-order valence-corrected chi connectivity index (χ0v) is 12.0. The molecule has 1 heterocycles. The highest BCUT2D eigenvalue weighted by molar-refractivity contribution is 5.35. The van der Waals surface area contributed by atoms with E-state index in [0.717, 1.165) is 30.8 Å². The van der Waals surface area contributed by atoms with Crippen molar-refractivity contribution in [2.24, 2.45) is 5.92 Å². The van der Waals surface area contributed by atoms with Crippen LogP contribution in [-0.4, -0.2) is 30.9 Å². The number of aliphatic hydroxyl groups excluding tert-OH is 1. The number of aryl methyl sites for hydroxylation is 2. The average molecular weight is 263 g/mol. The van der Waals surface area contributed by atoms with Crippen LogP contribution in [0.1, 0.15) is 30.4 Å². The minimum Gasteiger partial charge on any atom is -0.493 e. The quantitative estimate of drug-likeness (QED) is 0.857. The first-order valence-corrected chi connectivity index (χ1v) is 7.25. The fraction of sp³-hybridized carbons (Fsp3) is 0.625. The highest BCUT2D eigenvalue weighted by Gasteiger charge is 2.21. The molecule has 0 aliphatic carbocycles. The number of benzene rings is 1. The maximum Gasteiger partial charge on any atom is 0.122 e. The van der Waals surface area contributed by atoms with Gasteiger partial charge >= 0.3 is 0 Å². The van der Waals surface area contributed by atoms with Crippen molar-refractivity contribution in [1.82, 2.24) is 5.32 Å². The molecule has 3 nitrogen and oxygen atoms in total. The molecule has 2 N–H and O–H groups in total. The number of rotatable bonds is 5. The second-order valence-electron chi connectivity index (χ2n) is 5.58. The zero-order chi connectivity index (χ0) is 13.7. The summed E-state index contributed by atoms with van der Waals surface area (Å²) in [5, 5.41) is 13.5. The lowest BCUT2D eigenvalue weighted by Crippen LogP contribution is -2.37. The van der Waals surface area contributed by atoms with Gasteiger partial charge in [0.05, 0.1) is 12.7 Å². The molecule has 3 heteroatoms. The van der Waals surface area contributed by atoms with E-state index in [4.69, 9.17) is 4.74 Å². The van der Waals surface area contributed by atoms with Gasteiger partial charge in [-0.25, -0.2) is 0 Å². The summed E-state index contributed by atoms with van der Waals surface area (Å²) in [7, 11) is 0. The smallest absolute Gasteiger partial charge is 0.122 e. The Balaban J connectivity index is 1.77. The van der Waals surface area contributed by atoms with Gasteiger partial charge in [-0.3, -0.25) is 0 Å². The highest BCUT2D eigenvalue weighted by atomic mass is 16.5. The second-order valence-corrected chi connectivity index (χ2v) is 5.58. The Morgan fingerprint density at radius 2 is 2.26 bits per heavy atom. The van der Waals surface area contributed by atoms with Crippen molar-refractivity contribution in [3.8, 4) is 5.75 Å². The summed E-state index contributed by atoms with van der Waals surface area (Å²) in [6, 6.07) is 6.22. The van der Waals surface area contributed by atoms with E-state index in [9.17, 15) is 5.11 Å². The molecule has 106 valence electrons. The van der Waals surface area contributed by atoms with Crippen LogP contribution in [0.15, 0.2) is 18.2 Å². The van der Waals surface area contributed by atoms with Crippen LogP contribution in [0.3, 0.4) is 0 Å². The van der Waals surface area contributed by atoms with Gasteiger partial charge in [-0.1, -0.05) is 12.1 Å². The van der Waals surface area contributed by atoms with Crippen molar-refractivity contribution in [1.29, 1.82) is 0 Å². The zero-order valence-electron chi connectivity index (χ0n) is 12.0. The lowest BCUT2D eigenvalue weighted by atomic mass is 9.92. The Morgan fingerprint density at radius 3 is 3.00 bits per heavy atom. The van der Waals surface area contributed by atoms with Gasteiger partial charge in [-0.2, -0.15) is 0 Å². The van der Waals surface area contributed by atoms with E-state index in [2.05, 4.69) is 37.4 Å². The Bertz CT molecular complexity index is 400. The van der Waals surface area contributed by atoms with Crippen molar-refractivity contribution in [3.63, 3.8) is 0 Å². The fourth-order valence-corrected chi connectivity index (χ4v) is 2.60. The first kappa shape index (κ1) is 14.4. The van der Waals surface area contributed by atoms with Crippen molar-refractivity contribution in [2.45, 2.75) is 39.2 Å². The number of piperidine rings is 1. The third-order valence-electron chi connectivity index (χ3n) is 3.89. The first-order chi connectivity index (χ1) is 9.16. The maximum absolute atomic E-state index is 10.2. The molecule has 2 rings (SSSR count). The Kier molecular flexibility index (Phi) is 5.23. The van der Waals surface area contributed by atoms with Crippen LogP contribution in [0.4, 0.5) is 0 Å². The monoisotopic (exact) mass is 263 g/mol. The van der Waals surface area contributed by atoms with Crippen LogP contribution < -0.4 is 10.1 Å². The lowest BCUT2D eigenvalue weighted by Gasteiger charge is -2.27. The van der Waals surface area contributed by atoms with Gasteiger partial charge in [-0.05, 0) is 56.3 Å². The third kappa shape index (κ3) is 4.22. The molecule has 0 aromatic heterocycles. The molecule has 1 aliphatic rings. The van der Waals surface area contributed by atoms with Gasteiger partial charge in [0.15, 0.2) is 0 Å². The minimum atomic E-state index is -0.252. The van der Waals surface area contributed by atoms with E-state index in [1.807, 2.05) is 0 Å². The fourth-order valence-electron chi connectivity index (χ4n) is 2.60. The predicted octanol–water partition coefficient (Wildman–Crippen LogP) is 2.43. The van der Waals surface area contributed by atoms with Crippen LogP contribution in [0.25, 0.3) is 0 Å². The molecule has 1 fully saturated rings. The van der Waals surface area contributed by atoms with E-state index in [-0.39, 0.29) is 6.10 Å². The molecule has 19 heavy (non-hydrogen) atoms. The van der Waals surface area contributed by atoms with Crippen molar-refractivity contribution in [2.75, 3.05) is 19.7 Å². The molecule has 0 saturated carbocycles. The summed E-state index contributed by atoms with van der Waals surface area (Å²) in [6.07, 6.45) is 2.75. The van der Waals surface area contributed by atoms with Gasteiger partial charge in [0.2, 0.25) is 0 Å². The summed E-state index contributed by atoms with van der Waals surface area (Å²) < 4.78 is 5.80. The molecule has 0 amide bonds. The largest absolute Gasteiger partial charge is 0.493 e. The Hall–Kier alpha value is -1.06. The molecular weight excluding hydrogens is 238 g/mol. The highest BCUT2D eigenvalue weighted by Crippen LogP contribution is 2.21. The summed E-state index contributed by atoms with van der Waals surface area (Å²) in [5.41, 5.74) is 2.36. The first-order valence-electron chi connectivity index (χ1n) is 7.25. The topological polar surface area (TPSA) is 41.5 Å². The summed E-state index contributed by atoms with van der Waals surface area (Å²) in [5.74, 6) is 1.32. The molecule has 1 aliphatic heterocycles. The van der Waals surface area contributed by atoms with Crippen molar-refractivity contribution in [3.05, 3.63) is 29.3 Å². The van der Waals surface area contributed by atoms with Crippen molar-refractivity contribution < 1.29 is 9.84 Å². The summed E-state index contributed by atoms with van der Waals surface area (Å²) in [4.78, 5) is 0. The van der Waals surface area contributed by atoms with Crippen LogP contribution in [0.5, 0.6) is 5.75 Å². The van der Waals surface area contributed by atoms with Gasteiger partial charge in [0.1, 0.15) is 5.75 Å². The van der Waals surface area contributed by atoms with E-state index in [1.165, 1.54) is 12.0 Å². The number of hydrogen-bond acceptors (Lipinski definition) is 3. The third-order valence-corrected chi connectivity index (χ3v) is 3.89. The number of nitrogens with one attached hydrogen (secondary N) is 1. The SMILES string of the molecule is Cc1ccc(C)c(OCCC(O)C2CCCNC2)c1. The van der Waals surface area contributed by atoms with Crippen LogP contribution in [-0.2, 0) is 0 Å². The minimum absolute atomic E-state index is 0.252. The van der Waals surface area contributed by atoms with Crippen molar-refractivity contribution >= 4 is 0 Å². The lowest BCUT2D eigenvalue weighted by molar-refractivity contribution is 0.0701. The van der Waals surface area contributed by atoms with Gasteiger partial charge < -0.3 is 15.2 Å². The maximum atomic E-state index is 10.2. The van der Waals surface area contributed by atoms with Gasteiger partial charge in [0, 0.05) is 13.0 Å². The molecule has 2 atom stereocenters. The normalized spacial score (nSPS) is 21.1. The predicted molar refractivity (Wildman–Crippen MR) is 77.6 cm³/mol. The summed E-state index contributed by atoms with van der Waals surface area (Å²) in [6.45, 7) is 6.72. The molecule has 1 aromatic rings. The molecule has 0 bridgehead atoms. The standard InChI is InChI=1S/C16H25NO2/c1-12-5-6-13(2)16(10-12)19-9-7-15(18)14-4-3-8-17-11-14/h5-6,10,14-15,17-18H,3-4,7-9,11H2,1-2H3. The molecule has 0 radical (unpaired) electrons. The van der Waals surface area contributed by atoms with Crippen LogP contribution >= 0.6 is 0 Å². The Labute approximate surface area is 116 Å². The van der Waals surface area contributed by atoms with E-state index in [1.54, 1.807) is 0 Å². The number of hydrogen-bond donors (Lipinski definition) is 2. The second kappa shape index (κ2) is 6.92. The van der Waals surface area contributed by atoms with Gasteiger partial charge in [0.25, 0.3) is 0 Å². The summed E-state index contributed by atoms with van der Waals surface area (Å²) >= 11 is 0. The van der Waals surface area contributed by atoms with Gasteiger partial charge in [-0.15, -0.1) is 0 Å². The van der Waals surface area contributed by atoms with Crippen LogP contribution in [0.2, 0.25) is 0 Å². The number of aliphatic hydroxyl groups is 1. The molecule has 1 aromatic carbocycles. The Morgan fingerprint density at radius 1 is 1.42 bits per heavy atom. The molecular formula is C16H25NO2. The van der Waals surface area contributed by atoms with E-state index in [0.29, 0.717) is 18.9 Å².